The average molecular weight is 411 g/mol. The Kier molecular flexibility index (Phi) is 6.52. The van der Waals surface area contributed by atoms with Crippen molar-refractivity contribution in [3.05, 3.63) is 23.8 Å². The number of piperidine rings is 1. The van der Waals surface area contributed by atoms with Gasteiger partial charge >= 0.3 is 0 Å². The quantitative estimate of drug-likeness (QED) is 0.721. The molecule has 3 rings (SSSR count). The summed E-state index contributed by atoms with van der Waals surface area (Å²) >= 11 is 0. The minimum absolute atomic E-state index is 0.0610. The second-order valence-corrected chi connectivity index (χ2v) is 9.09. The number of methoxy groups -OCH3 is 3. The van der Waals surface area contributed by atoms with Gasteiger partial charge in [0.2, 0.25) is 0 Å². The predicted molar refractivity (Wildman–Crippen MR) is 109 cm³/mol. The van der Waals surface area contributed by atoms with Crippen LogP contribution in [0.25, 0.3) is 5.57 Å². The van der Waals surface area contributed by atoms with Gasteiger partial charge in [-0.2, -0.15) is 17.0 Å². The van der Waals surface area contributed by atoms with Gasteiger partial charge in [0, 0.05) is 37.8 Å². The molecule has 8 heteroatoms. The van der Waals surface area contributed by atoms with E-state index in [-0.39, 0.29) is 6.04 Å². The van der Waals surface area contributed by atoms with Gasteiger partial charge in [-0.05, 0) is 31.8 Å². The Morgan fingerprint density at radius 2 is 1.68 bits per heavy atom. The smallest absolute Gasteiger partial charge is 0.282 e. The summed E-state index contributed by atoms with van der Waals surface area (Å²) in [5, 5.41) is 0. The third-order valence-electron chi connectivity index (χ3n) is 5.57. The van der Waals surface area contributed by atoms with E-state index < -0.39 is 10.2 Å². The second-order valence-electron chi connectivity index (χ2n) is 7.21. The summed E-state index contributed by atoms with van der Waals surface area (Å²) in [5.74, 6) is 1.96. The van der Waals surface area contributed by atoms with Crippen LogP contribution < -0.4 is 14.2 Å². The Hall–Kier alpha value is -1.77. The number of hydrogen-bond acceptors (Lipinski definition) is 5. The Labute approximate surface area is 168 Å². The minimum Gasteiger partial charge on any atom is -0.496 e. The molecule has 2 aliphatic heterocycles. The van der Waals surface area contributed by atoms with E-state index in [4.69, 9.17) is 14.2 Å². The maximum absolute atomic E-state index is 13.1. The van der Waals surface area contributed by atoms with Crippen LogP contribution in [0.4, 0.5) is 0 Å². The fourth-order valence-electron chi connectivity index (χ4n) is 3.97. The predicted octanol–water partition coefficient (Wildman–Crippen LogP) is 2.92. The molecule has 2 heterocycles. The maximum Gasteiger partial charge on any atom is 0.282 e. The molecule has 0 bridgehead atoms. The largest absolute Gasteiger partial charge is 0.496 e. The van der Waals surface area contributed by atoms with Gasteiger partial charge < -0.3 is 14.2 Å². The number of ether oxygens (including phenoxy) is 3. The van der Waals surface area contributed by atoms with E-state index >= 15 is 0 Å². The van der Waals surface area contributed by atoms with E-state index in [0.717, 1.165) is 30.4 Å². The number of benzene rings is 1. The standard InChI is InChI=1S/C20H30N2O5S/c1-15-7-5-6-10-22(15)28(23,24)21-11-8-16(9-12-21)20-18(26-3)13-17(25-2)14-19(20)27-4/h8,13-15H,5-7,9-12H2,1-4H3/t15-/m1/s1. The minimum atomic E-state index is -3.44. The van der Waals surface area contributed by atoms with Gasteiger partial charge in [0.05, 0.1) is 26.9 Å². The summed E-state index contributed by atoms with van der Waals surface area (Å²) in [7, 11) is 1.37. The first-order valence-corrected chi connectivity index (χ1v) is 11.1. The molecule has 0 N–H and O–H groups in total. The Bertz CT molecular complexity index is 812. The van der Waals surface area contributed by atoms with Crippen molar-refractivity contribution in [3.63, 3.8) is 0 Å². The van der Waals surface area contributed by atoms with Crippen molar-refractivity contribution in [3.8, 4) is 17.2 Å². The first kappa shape index (κ1) is 21.0. The summed E-state index contributed by atoms with van der Waals surface area (Å²) in [6.07, 6.45) is 5.50. The van der Waals surface area contributed by atoms with Gasteiger partial charge in [0.1, 0.15) is 17.2 Å². The molecular formula is C20H30N2O5S. The van der Waals surface area contributed by atoms with Crippen molar-refractivity contribution in [2.75, 3.05) is 41.0 Å². The van der Waals surface area contributed by atoms with Gasteiger partial charge in [0.15, 0.2) is 0 Å². The third kappa shape index (κ3) is 3.99. The molecule has 0 unspecified atom stereocenters. The first-order chi connectivity index (χ1) is 13.4. The maximum atomic E-state index is 13.1. The number of nitrogens with zero attached hydrogens (tertiary/aromatic N) is 2. The lowest BCUT2D eigenvalue weighted by Gasteiger charge is -2.37. The normalized spacial score (nSPS) is 21.9. The van der Waals surface area contributed by atoms with Crippen molar-refractivity contribution in [2.24, 2.45) is 0 Å². The van der Waals surface area contributed by atoms with E-state index in [0.29, 0.717) is 43.3 Å². The van der Waals surface area contributed by atoms with Crippen LogP contribution in [0.1, 0.15) is 38.2 Å². The fourth-order valence-corrected chi connectivity index (χ4v) is 5.77. The fraction of sp³-hybridized carbons (Fsp3) is 0.600. The molecule has 28 heavy (non-hydrogen) atoms. The van der Waals surface area contributed by atoms with E-state index in [1.54, 1.807) is 29.9 Å². The molecule has 1 aromatic rings. The number of hydrogen-bond donors (Lipinski definition) is 0. The van der Waals surface area contributed by atoms with Crippen LogP contribution in [0.15, 0.2) is 18.2 Å². The highest BCUT2D eigenvalue weighted by Crippen LogP contribution is 2.41. The van der Waals surface area contributed by atoms with Gasteiger partial charge in [-0.1, -0.05) is 12.5 Å². The van der Waals surface area contributed by atoms with E-state index in [1.165, 1.54) is 0 Å². The lowest BCUT2D eigenvalue weighted by molar-refractivity contribution is 0.247. The molecule has 1 atom stereocenters. The van der Waals surface area contributed by atoms with Crippen LogP contribution in [0.3, 0.4) is 0 Å². The van der Waals surface area contributed by atoms with E-state index in [1.807, 2.05) is 25.1 Å². The first-order valence-electron chi connectivity index (χ1n) is 9.68. The van der Waals surface area contributed by atoms with Gasteiger partial charge in [-0.15, -0.1) is 0 Å². The molecular weight excluding hydrogens is 380 g/mol. The molecule has 1 saturated heterocycles. The highest BCUT2D eigenvalue weighted by Gasteiger charge is 2.35. The topological polar surface area (TPSA) is 68.3 Å². The average Bonchev–Trinajstić information content (AvgIpc) is 2.72. The Morgan fingerprint density at radius 1 is 1.00 bits per heavy atom. The van der Waals surface area contributed by atoms with Gasteiger partial charge in [0.25, 0.3) is 10.2 Å². The van der Waals surface area contributed by atoms with Crippen LogP contribution in [-0.4, -0.2) is 64.0 Å². The van der Waals surface area contributed by atoms with Crippen molar-refractivity contribution in [2.45, 2.75) is 38.6 Å². The molecule has 1 aromatic carbocycles. The monoisotopic (exact) mass is 410 g/mol. The van der Waals surface area contributed by atoms with Crippen molar-refractivity contribution in [1.29, 1.82) is 0 Å². The molecule has 156 valence electrons. The number of rotatable bonds is 6. The lowest BCUT2D eigenvalue weighted by Crippen LogP contribution is -2.50. The van der Waals surface area contributed by atoms with Crippen LogP contribution in [0, 0.1) is 0 Å². The van der Waals surface area contributed by atoms with Gasteiger partial charge in [-0.3, -0.25) is 0 Å². The van der Waals surface area contributed by atoms with E-state index in [2.05, 4.69) is 0 Å². The van der Waals surface area contributed by atoms with Crippen LogP contribution >= 0.6 is 0 Å². The molecule has 7 nitrogen and oxygen atoms in total. The molecule has 0 aromatic heterocycles. The molecule has 0 aliphatic carbocycles. The molecule has 0 spiro atoms. The summed E-state index contributed by atoms with van der Waals surface area (Å²) < 4.78 is 45.8. The SMILES string of the molecule is COc1cc(OC)c(C2=CCN(S(=O)(=O)N3CCCC[C@H]3C)CC2)c(OC)c1. The summed E-state index contributed by atoms with van der Waals surface area (Å²) in [5.41, 5.74) is 1.88. The molecule has 1 fully saturated rings. The third-order valence-corrected chi connectivity index (χ3v) is 7.69. The van der Waals surface area contributed by atoms with Crippen molar-refractivity contribution in [1.82, 2.24) is 8.61 Å². The lowest BCUT2D eigenvalue weighted by atomic mass is 9.98. The highest BCUT2D eigenvalue weighted by atomic mass is 32.2. The van der Waals surface area contributed by atoms with Crippen LogP contribution in [0.2, 0.25) is 0 Å². The zero-order valence-electron chi connectivity index (χ0n) is 17.1. The molecule has 0 saturated carbocycles. The molecule has 0 radical (unpaired) electrons. The summed E-state index contributed by atoms with van der Waals surface area (Å²) in [4.78, 5) is 0. The van der Waals surface area contributed by atoms with E-state index in [9.17, 15) is 8.42 Å². The summed E-state index contributed by atoms with van der Waals surface area (Å²) in [6.45, 7) is 3.39. The van der Waals surface area contributed by atoms with Gasteiger partial charge in [-0.25, -0.2) is 0 Å². The zero-order valence-corrected chi connectivity index (χ0v) is 17.9. The summed E-state index contributed by atoms with van der Waals surface area (Å²) in [6, 6.07) is 3.69. The Balaban J connectivity index is 1.86. The second kappa shape index (κ2) is 8.71. The Morgan fingerprint density at radius 3 is 2.18 bits per heavy atom. The zero-order chi connectivity index (χ0) is 20.3. The van der Waals surface area contributed by atoms with Crippen molar-refractivity contribution >= 4 is 15.8 Å². The van der Waals surface area contributed by atoms with Crippen LogP contribution in [-0.2, 0) is 10.2 Å². The molecule has 0 amide bonds. The van der Waals surface area contributed by atoms with Crippen molar-refractivity contribution < 1.29 is 22.6 Å². The molecule has 2 aliphatic rings. The van der Waals surface area contributed by atoms with Crippen LogP contribution in [0.5, 0.6) is 17.2 Å². The highest BCUT2D eigenvalue weighted by molar-refractivity contribution is 7.86.